The Morgan fingerprint density at radius 2 is 1.60 bits per heavy atom. The maximum Gasteiger partial charge on any atom is 0.167 e. The first-order valence-electron chi connectivity index (χ1n) is 6.51. The van der Waals surface area contributed by atoms with Gasteiger partial charge in [-0.25, -0.2) is 0 Å². The molecule has 2 N–H and O–H groups in total. The lowest BCUT2D eigenvalue weighted by molar-refractivity contribution is -0.116. The van der Waals surface area contributed by atoms with Gasteiger partial charge in [-0.05, 0) is 24.1 Å². The number of para-hydroxylation sites is 1. The first-order chi connectivity index (χ1) is 9.56. The van der Waals surface area contributed by atoms with E-state index in [4.69, 9.17) is 5.73 Å². The van der Waals surface area contributed by atoms with Crippen molar-refractivity contribution >= 4 is 17.3 Å². The first-order valence-corrected chi connectivity index (χ1v) is 6.51. The minimum atomic E-state index is 0.0253. The average molecular weight is 267 g/mol. The second kappa shape index (κ2) is 6.15. The summed E-state index contributed by atoms with van der Waals surface area (Å²) < 4.78 is 0. The minimum absolute atomic E-state index is 0.0253. The van der Waals surface area contributed by atoms with Gasteiger partial charge in [-0.3, -0.25) is 9.59 Å². The van der Waals surface area contributed by atoms with Crippen LogP contribution in [0.25, 0.3) is 0 Å². The van der Waals surface area contributed by atoms with Crippen LogP contribution in [-0.4, -0.2) is 11.6 Å². The van der Waals surface area contributed by atoms with Crippen molar-refractivity contribution in [2.24, 2.45) is 0 Å². The summed E-state index contributed by atoms with van der Waals surface area (Å²) in [5, 5.41) is 0. The van der Waals surface area contributed by atoms with Crippen molar-refractivity contribution in [3.8, 4) is 0 Å². The molecule has 0 spiro atoms. The second-order valence-corrected chi connectivity index (χ2v) is 4.87. The summed E-state index contributed by atoms with van der Waals surface area (Å²) in [5.41, 5.74) is 8.87. The van der Waals surface area contributed by atoms with Crippen LogP contribution in [0.3, 0.4) is 0 Å². The summed E-state index contributed by atoms with van der Waals surface area (Å²) in [6.45, 7) is 1.55. The standard InChI is InChI=1S/C17H17NO2/c1-12(19)10-13-6-8-14(9-7-13)17(20)11-15-4-2-3-5-16(15)18/h2-9H,10-11,18H2,1H3. The highest BCUT2D eigenvalue weighted by molar-refractivity contribution is 5.98. The molecule has 0 heterocycles. The van der Waals surface area contributed by atoms with E-state index in [0.717, 1.165) is 11.1 Å². The first kappa shape index (κ1) is 14.0. The number of rotatable bonds is 5. The summed E-state index contributed by atoms with van der Waals surface area (Å²) in [7, 11) is 0. The molecule has 3 nitrogen and oxygen atoms in total. The molecule has 0 aliphatic carbocycles. The summed E-state index contributed by atoms with van der Waals surface area (Å²) in [5.74, 6) is 0.137. The molecule has 0 fully saturated rings. The fraction of sp³-hybridized carbons (Fsp3) is 0.176. The molecule has 0 amide bonds. The quantitative estimate of drug-likeness (QED) is 0.669. The van der Waals surface area contributed by atoms with Gasteiger partial charge in [-0.2, -0.15) is 0 Å². The molecule has 2 rings (SSSR count). The Morgan fingerprint density at radius 3 is 2.20 bits per heavy atom. The smallest absolute Gasteiger partial charge is 0.167 e. The van der Waals surface area contributed by atoms with Crippen molar-refractivity contribution in [2.45, 2.75) is 19.8 Å². The third-order valence-corrected chi connectivity index (χ3v) is 3.14. The number of ketones is 2. The maximum absolute atomic E-state index is 12.2. The minimum Gasteiger partial charge on any atom is -0.398 e. The molecule has 0 aromatic heterocycles. The van der Waals surface area contributed by atoms with E-state index in [9.17, 15) is 9.59 Å². The van der Waals surface area contributed by atoms with Crippen LogP contribution in [0, 0.1) is 0 Å². The van der Waals surface area contributed by atoms with Gasteiger partial charge in [0.2, 0.25) is 0 Å². The highest BCUT2D eigenvalue weighted by Crippen LogP contribution is 2.15. The van der Waals surface area contributed by atoms with Crippen LogP contribution >= 0.6 is 0 Å². The largest absolute Gasteiger partial charge is 0.398 e. The number of benzene rings is 2. The van der Waals surface area contributed by atoms with E-state index in [1.54, 1.807) is 25.1 Å². The third kappa shape index (κ3) is 3.54. The molecule has 20 heavy (non-hydrogen) atoms. The zero-order valence-electron chi connectivity index (χ0n) is 11.4. The van der Waals surface area contributed by atoms with Gasteiger partial charge in [-0.15, -0.1) is 0 Å². The van der Waals surface area contributed by atoms with E-state index in [2.05, 4.69) is 0 Å². The Labute approximate surface area is 118 Å². The monoisotopic (exact) mass is 267 g/mol. The molecular formula is C17H17NO2. The highest BCUT2D eigenvalue weighted by atomic mass is 16.1. The molecule has 0 saturated carbocycles. The highest BCUT2D eigenvalue weighted by Gasteiger charge is 2.09. The number of hydrogen-bond acceptors (Lipinski definition) is 3. The van der Waals surface area contributed by atoms with Crippen LogP contribution in [0.15, 0.2) is 48.5 Å². The summed E-state index contributed by atoms with van der Waals surface area (Å²) in [6, 6.07) is 14.5. The lowest BCUT2D eigenvalue weighted by Crippen LogP contribution is -2.06. The normalized spacial score (nSPS) is 10.2. The SMILES string of the molecule is CC(=O)Cc1ccc(C(=O)Cc2ccccc2N)cc1. The van der Waals surface area contributed by atoms with Crippen LogP contribution in [0.1, 0.15) is 28.4 Å². The third-order valence-electron chi connectivity index (χ3n) is 3.14. The van der Waals surface area contributed by atoms with Gasteiger partial charge in [0.05, 0.1) is 0 Å². The topological polar surface area (TPSA) is 60.2 Å². The van der Waals surface area contributed by atoms with Crippen LogP contribution < -0.4 is 5.73 Å². The van der Waals surface area contributed by atoms with Crippen molar-refractivity contribution in [1.29, 1.82) is 0 Å². The molecule has 0 atom stereocenters. The lowest BCUT2D eigenvalue weighted by atomic mass is 10.00. The van der Waals surface area contributed by atoms with Crippen molar-refractivity contribution < 1.29 is 9.59 Å². The van der Waals surface area contributed by atoms with Crippen LogP contribution in [-0.2, 0) is 17.6 Å². The molecular weight excluding hydrogens is 250 g/mol. The zero-order valence-corrected chi connectivity index (χ0v) is 11.4. The Morgan fingerprint density at radius 1 is 0.950 bits per heavy atom. The molecule has 0 aliphatic rings. The summed E-state index contributed by atoms with van der Waals surface area (Å²) in [6.07, 6.45) is 0.693. The van der Waals surface area contributed by atoms with Gasteiger partial charge in [0, 0.05) is 24.1 Å². The Hall–Kier alpha value is -2.42. The van der Waals surface area contributed by atoms with E-state index in [0.29, 0.717) is 24.1 Å². The molecule has 2 aromatic rings. The van der Waals surface area contributed by atoms with Gasteiger partial charge in [0.15, 0.2) is 5.78 Å². The van der Waals surface area contributed by atoms with Crippen molar-refractivity contribution in [2.75, 3.05) is 5.73 Å². The van der Waals surface area contributed by atoms with Gasteiger partial charge < -0.3 is 5.73 Å². The number of hydrogen-bond donors (Lipinski definition) is 1. The summed E-state index contributed by atoms with van der Waals surface area (Å²) in [4.78, 5) is 23.2. The number of anilines is 1. The number of carbonyl (C=O) groups excluding carboxylic acids is 2. The van der Waals surface area contributed by atoms with E-state index in [-0.39, 0.29) is 11.6 Å². The average Bonchev–Trinajstić information content (AvgIpc) is 2.41. The molecule has 2 aromatic carbocycles. The van der Waals surface area contributed by atoms with Gasteiger partial charge in [-0.1, -0.05) is 42.5 Å². The fourth-order valence-corrected chi connectivity index (χ4v) is 2.07. The fourth-order valence-electron chi connectivity index (χ4n) is 2.07. The Balaban J connectivity index is 2.10. The van der Waals surface area contributed by atoms with Crippen molar-refractivity contribution in [3.63, 3.8) is 0 Å². The van der Waals surface area contributed by atoms with Crippen molar-refractivity contribution in [3.05, 3.63) is 65.2 Å². The molecule has 3 heteroatoms. The molecule has 0 radical (unpaired) electrons. The molecule has 0 unspecified atom stereocenters. The zero-order chi connectivity index (χ0) is 14.5. The van der Waals surface area contributed by atoms with E-state index in [1.165, 1.54) is 0 Å². The molecule has 102 valence electrons. The number of carbonyl (C=O) groups is 2. The summed E-state index contributed by atoms with van der Waals surface area (Å²) >= 11 is 0. The van der Waals surface area contributed by atoms with E-state index >= 15 is 0 Å². The second-order valence-electron chi connectivity index (χ2n) is 4.87. The van der Waals surface area contributed by atoms with Crippen molar-refractivity contribution in [1.82, 2.24) is 0 Å². The van der Waals surface area contributed by atoms with Crippen LogP contribution in [0.4, 0.5) is 5.69 Å². The molecule has 0 bridgehead atoms. The van der Waals surface area contributed by atoms with Gasteiger partial charge in [0.25, 0.3) is 0 Å². The van der Waals surface area contributed by atoms with Gasteiger partial charge in [0.1, 0.15) is 5.78 Å². The predicted octanol–water partition coefficient (Wildman–Crippen LogP) is 2.83. The van der Waals surface area contributed by atoms with Crippen LogP contribution in [0.2, 0.25) is 0 Å². The van der Waals surface area contributed by atoms with Gasteiger partial charge >= 0.3 is 0 Å². The van der Waals surface area contributed by atoms with E-state index in [1.807, 2.05) is 30.3 Å². The number of nitrogens with two attached hydrogens (primary N) is 1. The maximum atomic E-state index is 12.2. The molecule has 0 saturated heterocycles. The lowest BCUT2D eigenvalue weighted by Gasteiger charge is -2.05. The Bertz CT molecular complexity index is 630. The van der Waals surface area contributed by atoms with Crippen LogP contribution in [0.5, 0.6) is 0 Å². The number of nitrogen functional groups attached to an aromatic ring is 1. The molecule has 0 aliphatic heterocycles. The number of Topliss-reactive ketones (excluding diaryl/α,β-unsaturated/α-hetero) is 2. The van der Waals surface area contributed by atoms with E-state index < -0.39 is 0 Å². The predicted molar refractivity (Wildman–Crippen MR) is 79.7 cm³/mol. The Kier molecular flexibility index (Phi) is 4.31.